The zero-order chi connectivity index (χ0) is 17.3. The molecule has 0 atom stereocenters. The van der Waals surface area contributed by atoms with Crippen LogP contribution in [0.5, 0.6) is 17.2 Å². The second-order valence-electron chi connectivity index (χ2n) is 6.61. The van der Waals surface area contributed by atoms with Crippen molar-refractivity contribution in [3.63, 3.8) is 0 Å². The van der Waals surface area contributed by atoms with Crippen molar-refractivity contribution in [3.8, 4) is 17.2 Å². The normalized spacial score (nSPS) is 14.7. The first kappa shape index (κ1) is 16.3. The third-order valence-corrected chi connectivity index (χ3v) is 3.89. The molecule has 0 saturated carbocycles. The summed E-state index contributed by atoms with van der Waals surface area (Å²) >= 11 is 0. The number of anilines is 1. The average molecular weight is 326 g/mol. The number of amides is 1. The van der Waals surface area contributed by atoms with Crippen LogP contribution in [0.2, 0.25) is 0 Å². The Hall–Kier alpha value is -2.56. The predicted octanol–water partition coefficient (Wildman–Crippen LogP) is 4.11. The zero-order valence-corrected chi connectivity index (χ0v) is 14.5. The number of para-hydroxylation sites is 1. The minimum atomic E-state index is -0.244. The van der Waals surface area contributed by atoms with Gasteiger partial charge < -0.3 is 14.8 Å². The molecule has 5 nitrogen and oxygen atoms in total. The van der Waals surface area contributed by atoms with E-state index in [-0.39, 0.29) is 11.5 Å². The molecule has 0 radical (unpaired) electrons. The summed E-state index contributed by atoms with van der Waals surface area (Å²) in [6.45, 7) is 7.60. The highest BCUT2D eigenvalue weighted by Crippen LogP contribution is 2.44. The van der Waals surface area contributed by atoms with Crippen molar-refractivity contribution in [1.82, 2.24) is 4.98 Å². The van der Waals surface area contributed by atoms with Gasteiger partial charge in [-0.2, -0.15) is 0 Å². The van der Waals surface area contributed by atoms with Gasteiger partial charge in [0.1, 0.15) is 5.60 Å². The first-order valence-corrected chi connectivity index (χ1v) is 8.13. The van der Waals surface area contributed by atoms with E-state index in [0.717, 1.165) is 29.7 Å². The zero-order valence-electron chi connectivity index (χ0n) is 14.5. The summed E-state index contributed by atoms with van der Waals surface area (Å²) < 4.78 is 12.1. The molecule has 0 fully saturated rings. The lowest BCUT2D eigenvalue weighted by atomic mass is 10.0. The van der Waals surface area contributed by atoms with Crippen LogP contribution in [-0.2, 0) is 17.6 Å². The maximum Gasteiger partial charge on any atom is 0.222 e. The van der Waals surface area contributed by atoms with Crippen LogP contribution in [0, 0.1) is 0 Å². The number of aryl methyl sites for hydroxylation is 1. The molecule has 0 bridgehead atoms. The number of pyridine rings is 1. The van der Waals surface area contributed by atoms with Crippen molar-refractivity contribution in [3.05, 3.63) is 41.6 Å². The highest BCUT2D eigenvalue weighted by molar-refractivity contribution is 5.89. The number of rotatable bonds is 4. The van der Waals surface area contributed by atoms with Gasteiger partial charge in [0.25, 0.3) is 0 Å². The number of aromatic nitrogens is 1. The number of nitrogens with zero attached hydrogens (tertiary/aromatic N) is 1. The highest BCUT2D eigenvalue weighted by Gasteiger charge is 2.32. The second-order valence-corrected chi connectivity index (χ2v) is 6.61. The molecular weight excluding hydrogens is 304 g/mol. The Bertz CT molecular complexity index is 784. The van der Waals surface area contributed by atoms with E-state index in [2.05, 4.69) is 24.1 Å². The maximum atomic E-state index is 11.4. The molecule has 1 aromatic carbocycles. The Labute approximate surface area is 142 Å². The highest BCUT2D eigenvalue weighted by atomic mass is 16.5. The molecule has 0 aliphatic carbocycles. The topological polar surface area (TPSA) is 60.5 Å². The van der Waals surface area contributed by atoms with E-state index in [1.165, 1.54) is 6.92 Å². The summed E-state index contributed by atoms with van der Waals surface area (Å²) in [7, 11) is 0. The van der Waals surface area contributed by atoms with Gasteiger partial charge in [0.15, 0.2) is 23.1 Å². The van der Waals surface area contributed by atoms with Crippen molar-refractivity contribution < 1.29 is 14.3 Å². The van der Waals surface area contributed by atoms with E-state index in [0.29, 0.717) is 17.3 Å². The Kier molecular flexibility index (Phi) is 4.18. The molecule has 0 saturated heterocycles. The second kappa shape index (κ2) is 6.15. The molecule has 1 aromatic heterocycles. The first-order valence-electron chi connectivity index (χ1n) is 8.13. The van der Waals surface area contributed by atoms with Gasteiger partial charge in [-0.1, -0.05) is 19.1 Å². The number of ether oxygens (including phenoxy) is 2. The molecule has 1 amide bonds. The first-order chi connectivity index (χ1) is 11.4. The third-order valence-electron chi connectivity index (χ3n) is 3.89. The Balaban J connectivity index is 1.97. The lowest BCUT2D eigenvalue weighted by molar-refractivity contribution is -0.114. The van der Waals surface area contributed by atoms with Gasteiger partial charge >= 0.3 is 0 Å². The summed E-state index contributed by atoms with van der Waals surface area (Å²) in [5.74, 6) is 2.14. The van der Waals surface area contributed by atoms with Gasteiger partial charge in [0.05, 0.1) is 0 Å². The smallest absolute Gasteiger partial charge is 0.222 e. The number of carbonyl (C=O) groups is 1. The lowest BCUT2D eigenvalue weighted by Gasteiger charge is -2.18. The molecule has 1 N–H and O–H groups in total. The molecule has 1 aliphatic rings. The van der Waals surface area contributed by atoms with Crippen LogP contribution in [0.3, 0.4) is 0 Å². The molecule has 126 valence electrons. The predicted molar refractivity (Wildman–Crippen MR) is 92.8 cm³/mol. The van der Waals surface area contributed by atoms with E-state index in [9.17, 15) is 4.79 Å². The standard InChI is InChI=1S/C19H22N2O3/c1-5-13-9-16(18(20-11-13)21-12(2)22)23-15-8-6-7-14-10-19(3,4)24-17(14)15/h6-9,11H,5,10H2,1-4H3,(H,20,21,22). The summed E-state index contributed by atoms with van der Waals surface area (Å²) in [5.41, 5.74) is 1.91. The van der Waals surface area contributed by atoms with Gasteiger partial charge in [-0.05, 0) is 38.0 Å². The van der Waals surface area contributed by atoms with Crippen molar-refractivity contribution in [2.24, 2.45) is 0 Å². The molecule has 24 heavy (non-hydrogen) atoms. The Morgan fingerprint density at radius 1 is 1.38 bits per heavy atom. The van der Waals surface area contributed by atoms with Gasteiger partial charge in [0.2, 0.25) is 5.91 Å². The van der Waals surface area contributed by atoms with E-state index < -0.39 is 0 Å². The molecular formula is C19H22N2O3. The number of hydrogen-bond acceptors (Lipinski definition) is 4. The fourth-order valence-electron chi connectivity index (χ4n) is 2.80. The molecule has 2 heterocycles. The SMILES string of the molecule is CCc1cnc(NC(C)=O)c(Oc2cccc3c2OC(C)(C)C3)c1. The van der Waals surface area contributed by atoms with Crippen LogP contribution in [0.4, 0.5) is 5.82 Å². The van der Waals surface area contributed by atoms with Gasteiger partial charge in [-0.15, -0.1) is 0 Å². The van der Waals surface area contributed by atoms with E-state index in [1.54, 1.807) is 6.20 Å². The van der Waals surface area contributed by atoms with Crippen LogP contribution >= 0.6 is 0 Å². The average Bonchev–Trinajstić information content (AvgIpc) is 2.83. The number of hydrogen-bond donors (Lipinski definition) is 1. The van der Waals surface area contributed by atoms with Gasteiger partial charge in [-0.25, -0.2) is 4.98 Å². The van der Waals surface area contributed by atoms with Gasteiger partial charge in [-0.3, -0.25) is 4.79 Å². The third kappa shape index (κ3) is 3.35. The maximum absolute atomic E-state index is 11.4. The van der Waals surface area contributed by atoms with Crippen LogP contribution in [-0.4, -0.2) is 16.5 Å². The fourth-order valence-corrected chi connectivity index (χ4v) is 2.80. The largest absolute Gasteiger partial charge is 0.483 e. The van der Waals surface area contributed by atoms with Crippen LogP contribution in [0.25, 0.3) is 0 Å². The summed E-state index contributed by atoms with van der Waals surface area (Å²) in [4.78, 5) is 15.7. The van der Waals surface area contributed by atoms with Crippen molar-refractivity contribution in [2.75, 3.05) is 5.32 Å². The monoisotopic (exact) mass is 326 g/mol. The Morgan fingerprint density at radius 3 is 2.88 bits per heavy atom. The molecule has 0 unspecified atom stereocenters. The summed E-state index contributed by atoms with van der Waals surface area (Å²) in [6.07, 6.45) is 3.42. The number of fused-ring (bicyclic) bond motifs is 1. The molecule has 1 aliphatic heterocycles. The number of nitrogens with one attached hydrogen (secondary N) is 1. The molecule has 2 aromatic rings. The fraction of sp³-hybridized carbons (Fsp3) is 0.368. The number of carbonyl (C=O) groups excluding carboxylic acids is 1. The lowest BCUT2D eigenvalue weighted by Crippen LogP contribution is -2.24. The quantitative estimate of drug-likeness (QED) is 0.918. The summed E-state index contributed by atoms with van der Waals surface area (Å²) in [6, 6.07) is 7.77. The van der Waals surface area contributed by atoms with Gasteiger partial charge in [0, 0.05) is 25.1 Å². The van der Waals surface area contributed by atoms with Crippen LogP contribution < -0.4 is 14.8 Å². The molecule has 3 rings (SSSR count). The molecule has 5 heteroatoms. The van der Waals surface area contributed by atoms with Crippen molar-refractivity contribution in [1.29, 1.82) is 0 Å². The number of benzene rings is 1. The van der Waals surface area contributed by atoms with Crippen molar-refractivity contribution >= 4 is 11.7 Å². The minimum absolute atomic E-state index is 0.188. The minimum Gasteiger partial charge on any atom is -0.483 e. The van der Waals surface area contributed by atoms with E-state index in [4.69, 9.17) is 9.47 Å². The van der Waals surface area contributed by atoms with E-state index in [1.807, 2.05) is 31.2 Å². The van der Waals surface area contributed by atoms with Crippen LogP contribution in [0.1, 0.15) is 38.8 Å². The van der Waals surface area contributed by atoms with Crippen molar-refractivity contribution in [2.45, 2.75) is 46.1 Å². The summed E-state index contributed by atoms with van der Waals surface area (Å²) in [5, 5.41) is 2.71. The van der Waals surface area contributed by atoms with Crippen LogP contribution in [0.15, 0.2) is 30.5 Å². The van der Waals surface area contributed by atoms with E-state index >= 15 is 0 Å². The Morgan fingerprint density at radius 2 is 2.17 bits per heavy atom. The molecule has 0 spiro atoms.